The summed E-state index contributed by atoms with van der Waals surface area (Å²) in [6.07, 6.45) is 1.64. The minimum atomic E-state index is -0.365. The van der Waals surface area contributed by atoms with Crippen molar-refractivity contribution in [3.8, 4) is 5.75 Å². The fraction of sp³-hybridized carbons (Fsp3) is 0.120. The number of hydrogen-bond acceptors (Lipinski definition) is 3. The largest absolute Gasteiger partial charge is 0.497 e. The molecule has 0 bridgehead atoms. The molecule has 2 N–H and O–H groups in total. The number of amides is 2. The van der Waals surface area contributed by atoms with Crippen LogP contribution in [0.5, 0.6) is 5.75 Å². The van der Waals surface area contributed by atoms with E-state index in [4.69, 9.17) is 4.74 Å². The molecule has 2 amide bonds. The molecule has 0 heterocycles. The van der Waals surface area contributed by atoms with Crippen molar-refractivity contribution in [3.63, 3.8) is 0 Å². The van der Waals surface area contributed by atoms with Gasteiger partial charge in [0.25, 0.3) is 11.8 Å². The zero-order valence-corrected chi connectivity index (χ0v) is 17.0. The van der Waals surface area contributed by atoms with Crippen LogP contribution in [0.4, 0.5) is 0 Å². The third-order valence-corrected chi connectivity index (χ3v) is 4.53. The second-order valence-electron chi connectivity index (χ2n) is 6.82. The molecule has 152 valence electrons. The Bertz CT molecular complexity index is 1020. The van der Waals surface area contributed by atoms with Gasteiger partial charge < -0.3 is 15.4 Å². The Morgan fingerprint density at radius 1 is 0.900 bits per heavy atom. The van der Waals surface area contributed by atoms with E-state index in [0.717, 1.165) is 16.7 Å². The predicted molar refractivity (Wildman–Crippen MR) is 118 cm³/mol. The number of rotatable bonds is 7. The van der Waals surface area contributed by atoms with Crippen molar-refractivity contribution < 1.29 is 14.3 Å². The van der Waals surface area contributed by atoms with Gasteiger partial charge in [0.2, 0.25) is 0 Å². The highest BCUT2D eigenvalue weighted by Crippen LogP contribution is 2.14. The number of benzene rings is 3. The fourth-order valence-corrected chi connectivity index (χ4v) is 2.79. The van der Waals surface area contributed by atoms with E-state index < -0.39 is 0 Å². The van der Waals surface area contributed by atoms with Crippen LogP contribution in [0.3, 0.4) is 0 Å². The van der Waals surface area contributed by atoms with Crippen molar-refractivity contribution in [3.05, 3.63) is 107 Å². The molecule has 3 rings (SSSR count). The van der Waals surface area contributed by atoms with Crippen LogP contribution in [0.1, 0.15) is 27.0 Å². The Morgan fingerprint density at radius 2 is 1.57 bits per heavy atom. The molecule has 30 heavy (non-hydrogen) atoms. The highest BCUT2D eigenvalue weighted by molar-refractivity contribution is 6.05. The number of carbonyl (C=O) groups is 2. The van der Waals surface area contributed by atoms with Gasteiger partial charge in [0.05, 0.1) is 7.11 Å². The first-order valence-electron chi connectivity index (χ1n) is 9.61. The molecule has 0 aliphatic heterocycles. The second-order valence-corrected chi connectivity index (χ2v) is 6.82. The zero-order chi connectivity index (χ0) is 21.3. The van der Waals surface area contributed by atoms with Crippen molar-refractivity contribution in [1.29, 1.82) is 0 Å². The molecule has 0 atom stereocenters. The summed E-state index contributed by atoms with van der Waals surface area (Å²) in [6.45, 7) is 2.37. The van der Waals surface area contributed by atoms with E-state index in [1.165, 1.54) is 0 Å². The lowest BCUT2D eigenvalue weighted by Crippen LogP contribution is -2.34. The van der Waals surface area contributed by atoms with E-state index in [9.17, 15) is 9.59 Å². The first kappa shape index (κ1) is 20.9. The maximum atomic E-state index is 12.9. The summed E-state index contributed by atoms with van der Waals surface area (Å²) in [5, 5.41) is 5.61. The standard InChI is InChI=1S/C25H24N2O3/c1-18-8-10-20(11-9-18)17-26-25(29)23(16-19-12-14-22(30-2)15-13-19)27-24(28)21-6-4-3-5-7-21/h3-16H,17H2,1-2H3,(H,26,29)(H,27,28)/b23-16-. The van der Waals surface area contributed by atoms with Crippen LogP contribution in [0.15, 0.2) is 84.6 Å². The Morgan fingerprint density at radius 3 is 2.20 bits per heavy atom. The van der Waals surface area contributed by atoms with Crippen LogP contribution in [0.25, 0.3) is 6.08 Å². The summed E-state index contributed by atoms with van der Waals surface area (Å²) >= 11 is 0. The molecule has 0 fully saturated rings. The van der Waals surface area contributed by atoms with Gasteiger partial charge in [-0.2, -0.15) is 0 Å². The average molecular weight is 400 g/mol. The molecule has 0 radical (unpaired) electrons. The first-order chi connectivity index (χ1) is 14.5. The molecule has 5 nitrogen and oxygen atoms in total. The molecule has 0 aromatic heterocycles. The topological polar surface area (TPSA) is 67.4 Å². The Kier molecular flexibility index (Phi) is 7.00. The fourth-order valence-electron chi connectivity index (χ4n) is 2.79. The first-order valence-corrected chi connectivity index (χ1v) is 9.61. The average Bonchev–Trinajstić information content (AvgIpc) is 2.79. The lowest BCUT2D eigenvalue weighted by Gasteiger charge is -2.12. The normalized spacial score (nSPS) is 10.9. The van der Waals surface area contributed by atoms with Gasteiger partial charge in [-0.3, -0.25) is 9.59 Å². The molecule has 3 aromatic rings. The summed E-state index contributed by atoms with van der Waals surface area (Å²) in [5.41, 5.74) is 3.54. The Balaban J connectivity index is 1.79. The smallest absolute Gasteiger partial charge is 0.268 e. The number of nitrogens with one attached hydrogen (secondary N) is 2. The number of carbonyl (C=O) groups excluding carboxylic acids is 2. The molecule has 5 heteroatoms. The number of hydrogen-bond donors (Lipinski definition) is 2. The number of ether oxygens (including phenoxy) is 1. The van der Waals surface area contributed by atoms with Gasteiger partial charge in [-0.1, -0.05) is 60.2 Å². The highest BCUT2D eigenvalue weighted by Gasteiger charge is 2.14. The maximum Gasteiger partial charge on any atom is 0.268 e. The van der Waals surface area contributed by atoms with Gasteiger partial charge in [0, 0.05) is 12.1 Å². The Labute approximate surface area is 176 Å². The van der Waals surface area contributed by atoms with E-state index >= 15 is 0 Å². The van der Waals surface area contributed by atoms with Crippen LogP contribution < -0.4 is 15.4 Å². The molecule has 0 aliphatic rings. The predicted octanol–water partition coefficient (Wildman–Crippen LogP) is 4.09. The number of aryl methyl sites for hydroxylation is 1. The van der Waals surface area contributed by atoms with Gasteiger partial charge in [0.1, 0.15) is 11.4 Å². The van der Waals surface area contributed by atoms with Crippen LogP contribution in [0.2, 0.25) is 0 Å². The third-order valence-electron chi connectivity index (χ3n) is 4.53. The SMILES string of the molecule is COc1ccc(/C=C(\NC(=O)c2ccccc2)C(=O)NCc2ccc(C)cc2)cc1. The van der Waals surface area contributed by atoms with Crippen LogP contribution >= 0.6 is 0 Å². The van der Waals surface area contributed by atoms with Crippen molar-refractivity contribution in [1.82, 2.24) is 10.6 Å². The van der Waals surface area contributed by atoms with Gasteiger partial charge in [-0.15, -0.1) is 0 Å². The lowest BCUT2D eigenvalue weighted by molar-refractivity contribution is -0.117. The van der Waals surface area contributed by atoms with Crippen molar-refractivity contribution in [2.45, 2.75) is 13.5 Å². The van der Waals surface area contributed by atoms with Crippen molar-refractivity contribution >= 4 is 17.9 Å². The van der Waals surface area contributed by atoms with Crippen LogP contribution in [-0.4, -0.2) is 18.9 Å². The van der Waals surface area contributed by atoms with Crippen molar-refractivity contribution in [2.24, 2.45) is 0 Å². The second kappa shape index (κ2) is 10.1. The van der Waals surface area contributed by atoms with Gasteiger partial charge in [-0.25, -0.2) is 0 Å². The van der Waals surface area contributed by atoms with E-state index in [2.05, 4.69) is 10.6 Å². The third kappa shape index (κ3) is 5.82. The Hall–Kier alpha value is -3.86. The molecule has 0 saturated heterocycles. The molecule has 0 unspecified atom stereocenters. The molecule has 0 aliphatic carbocycles. The maximum absolute atomic E-state index is 12.9. The molecule has 0 saturated carbocycles. The highest BCUT2D eigenvalue weighted by atomic mass is 16.5. The summed E-state index contributed by atoms with van der Waals surface area (Å²) in [6, 6.07) is 23.9. The van der Waals surface area contributed by atoms with Gasteiger partial charge in [-0.05, 0) is 48.4 Å². The van der Waals surface area contributed by atoms with E-state index in [1.807, 2.05) is 49.4 Å². The van der Waals surface area contributed by atoms with Gasteiger partial charge in [0.15, 0.2) is 0 Å². The molecular weight excluding hydrogens is 376 g/mol. The minimum absolute atomic E-state index is 0.168. The van der Waals surface area contributed by atoms with E-state index in [1.54, 1.807) is 49.6 Å². The van der Waals surface area contributed by atoms with Gasteiger partial charge >= 0.3 is 0 Å². The molecule has 3 aromatic carbocycles. The minimum Gasteiger partial charge on any atom is -0.497 e. The summed E-state index contributed by atoms with van der Waals surface area (Å²) < 4.78 is 5.17. The summed E-state index contributed by atoms with van der Waals surface area (Å²) in [5.74, 6) is 0.00219. The van der Waals surface area contributed by atoms with Crippen molar-refractivity contribution in [2.75, 3.05) is 7.11 Å². The molecule has 0 spiro atoms. The molecular formula is C25H24N2O3. The van der Waals surface area contributed by atoms with Crippen LogP contribution in [-0.2, 0) is 11.3 Å². The monoisotopic (exact) mass is 400 g/mol. The summed E-state index contributed by atoms with van der Waals surface area (Å²) in [4.78, 5) is 25.5. The zero-order valence-electron chi connectivity index (χ0n) is 17.0. The number of methoxy groups -OCH3 is 1. The lowest BCUT2D eigenvalue weighted by atomic mass is 10.1. The van der Waals surface area contributed by atoms with Crippen LogP contribution in [0, 0.1) is 6.92 Å². The van der Waals surface area contributed by atoms with E-state index in [0.29, 0.717) is 17.9 Å². The van der Waals surface area contributed by atoms with E-state index in [-0.39, 0.29) is 17.5 Å². The quantitative estimate of drug-likeness (QED) is 0.587. The summed E-state index contributed by atoms with van der Waals surface area (Å²) in [7, 11) is 1.59.